The van der Waals surface area contributed by atoms with E-state index in [1.165, 1.54) is 12.1 Å². The van der Waals surface area contributed by atoms with Gasteiger partial charge in [-0.2, -0.15) is 5.10 Å². The molecule has 116 valence electrons. The van der Waals surface area contributed by atoms with Gasteiger partial charge in [-0.05, 0) is 38.1 Å². The molecule has 0 spiro atoms. The number of aromatic nitrogens is 2. The van der Waals surface area contributed by atoms with Gasteiger partial charge in [0.05, 0.1) is 35.9 Å². The van der Waals surface area contributed by atoms with E-state index < -0.39 is 0 Å². The zero-order chi connectivity index (χ0) is 15.7. The Morgan fingerprint density at radius 3 is 2.77 bits per heavy atom. The molecule has 1 atom stereocenters. The molecule has 6 heteroatoms. The maximum Gasteiger partial charge on any atom is 0.257 e. The molecule has 1 aromatic heterocycles. The lowest BCUT2D eigenvalue weighted by molar-refractivity contribution is -0.0124. The van der Waals surface area contributed by atoms with Gasteiger partial charge in [0.1, 0.15) is 5.82 Å². The monoisotopic (exact) mass is 303 g/mol. The Hall–Kier alpha value is -2.21. The van der Waals surface area contributed by atoms with E-state index in [9.17, 15) is 9.18 Å². The topological polar surface area (TPSA) is 47.4 Å². The zero-order valence-corrected chi connectivity index (χ0v) is 12.6. The van der Waals surface area contributed by atoms with Gasteiger partial charge in [0.15, 0.2) is 0 Å². The van der Waals surface area contributed by atoms with Crippen molar-refractivity contribution in [2.75, 3.05) is 19.7 Å². The second kappa shape index (κ2) is 5.88. The van der Waals surface area contributed by atoms with Crippen LogP contribution in [0.25, 0.3) is 5.69 Å². The van der Waals surface area contributed by atoms with Crippen LogP contribution >= 0.6 is 0 Å². The second-order valence-corrected chi connectivity index (χ2v) is 5.46. The lowest BCUT2D eigenvalue weighted by atomic mass is 10.2. The third-order valence-electron chi connectivity index (χ3n) is 3.84. The minimum absolute atomic E-state index is 0.0407. The van der Waals surface area contributed by atoms with Gasteiger partial charge < -0.3 is 9.64 Å². The van der Waals surface area contributed by atoms with E-state index in [1.54, 1.807) is 27.9 Å². The van der Waals surface area contributed by atoms with Crippen LogP contribution in [0.2, 0.25) is 0 Å². The van der Waals surface area contributed by atoms with Crippen molar-refractivity contribution < 1.29 is 13.9 Å². The van der Waals surface area contributed by atoms with Crippen molar-refractivity contribution >= 4 is 5.91 Å². The molecular formula is C16H18FN3O2. The Morgan fingerprint density at radius 2 is 2.09 bits per heavy atom. The molecule has 3 rings (SSSR count). The minimum Gasteiger partial charge on any atom is -0.375 e. The van der Waals surface area contributed by atoms with Gasteiger partial charge in [0.2, 0.25) is 0 Å². The van der Waals surface area contributed by atoms with E-state index in [0.29, 0.717) is 25.3 Å². The Balaban J connectivity index is 1.86. The molecule has 0 N–H and O–H groups in total. The molecule has 0 saturated carbocycles. The molecule has 0 aliphatic carbocycles. The van der Waals surface area contributed by atoms with Crippen LogP contribution in [0.1, 0.15) is 23.0 Å². The lowest BCUT2D eigenvalue weighted by Crippen LogP contribution is -2.44. The number of benzene rings is 1. The maximum atomic E-state index is 13.0. The first-order chi connectivity index (χ1) is 10.6. The van der Waals surface area contributed by atoms with Gasteiger partial charge in [0, 0.05) is 13.1 Å². The van der Waals surface area contributed by atoms with E-state index in [1.807, 2.05) is 13.8 Å². The van der Waals surface area contributed by atoms with Crippen LogP contribution in [-0.2, 0) is 4.74 Å². The van der Waals surface area contributed by atoms with Crippen molar-refractivity contribution in [1.29, 1.82) is 0 Å². The summed E-state index contributed by atoms with van der Waals surface area (Å²) in [5, 5.41) is 4.27. The SMILES string of the molecule is Cc1c(C(=O)N2CCO[C@@H](C)C2)cnn1-c1ccc(F)cc1. The number of carbonyl (C=O) groups excluding carboxylic acids is 1. The first-order valence-electron chi connectivity index (χ1n) is 7.27. The van der Waals surface area contributed by atoms with Crippen LogP contribution in [0.3, 0.4) is 0 Å². The number of nitrogens with zero attached hydrogens (tertiary/aromatic N) is 3. The maximum absolute atomic E-state index is 13.0. The normalized spacial score (nSPS) is 18.5. The van der Waals surface area contributed by atoms with Gasteiger partial charge in [-0.25, -0.2) is 9.07 Å². The molecule has 1 saturated heterocycles. The largest absolute Gasteiger partial charge is 0.375 e. The molecule has 5 nitrogen and oxygen atoms in total. The van der Waals surface area contributed by atoms with E-state index in [0.717, 1.165) is 11.4 Å². The van der Waals surface area contributed by atoms with Crippen LogP contribution in [-0.4, -0.2) is 46.4 Å². The van der Waals surface area contributed by atoms with Crippen LogP contribution in [0.5, 0.6) is 0 Å². The Labute approximate surface area is 128 Å². The molecule has 1 fully saturated rings. The molecule has 2 aromatic rings. The average Bonchev–Trinajstić information content (AvgIpc) is 2.89. The molecule has 0 bridgehead atoms. The van der Waals surface area contributed by atoms with Gasteiger partial charge in [0.25, 0.3) is 5.91 Å². The summed E-state index contributed by atoms with van der Waals surface area (Å²) in [7, 11) is 0. The smallest absolute Gasteiger partial charge is 0.257 e. The van der Waals surface area contributed by atoms with E-state index in [-0.39, 0.29) is 17.8 Å². The number of ether oxygens (including phenoxy) is 1. The Bertz CT molecular complexity index is 681. The van der Waals surface area contributed by atoms with E-state index >= 15 is 0 Å². The zero-order valence-electron chi connectivity index (χ0n) is 12.6. The van der Waals surface area contributed by atoms with Crippen molar-refractivity contribution in [1.82, 2.24) is 14.7 Å². The fraction of sp³-hybridized carbons (Fsp3) is 0.375. The van der Waals surface area contributed by atoms with Crippen molar-refractivity contribution in [3.8, 4) is 5.69 Å². The third-order valence-corrected chi connectivity index (χ3v) is 3.84. The van der Waals surface area contributed by atoms with Crippen LogP contribution in [0, 0.1) is 12.7 Å². The first-order valence-corrected chi connectivity index (χ1v) is 7.27. The number of rotatable bonds is 2. The standard InChI is InChI=1S/C16H18FN3O2/c1-11-10-19(7-8-22-11)16(21)15-9-18-20(12(15)2)14-5-3-13(17)4-6-14/h3-6,9,11H,7-8,10H2,1-2H3/t11-/m0/s1. The molecule has 1 amide bonds. The van der Waals surface area contributed by atoms with Crippen molar-refractivity contribution in [3.63, 3.8) is 0 Å². The second-order valence-electron chi connectivity index (χ2n) is 5.46. The molecule has 1 aromatic carbocycles. The fourth-order valence-corrected chi connectivity index (χ4v) is 2.64. The number of hydrogen-bond acceptors (Lipinski definition) is 3. The number of amides is 1. The van der Waals surface area contributed by atoms with Crippen molar-refractivity contribution in [2.24, 2.45) is 0 Å². The fourth-order valence-electron chi connectivity index (χ4n) is 2.64. The van der Waals surface area contributed by atoms with Gasteiger partial charge in [-0.3, -0.25) is 4.79 Å². The molecule has 22 heavy (non-hydrogen) atoms. The van der Waals surface area contributed by atoms with Crippen LogP contribution in [0.15, 0.2) is 30.5 Å². The van der Waals surface area contributed by atoms with Crippen molar-refractivity contribution in [3.05, 3.63) is 47.5 Å². The van der Waals surface area contributed by atoms with E-state index in [2.05, 4.69) is 5.10 Å². The summed E-state index contributed by atoms with van der Waals surface area (Å²) in [6.45, 7) is 5.52. The quantitative estimate of drug-likeness (QED) is 0.854. The van der Waals surface area contributed by atoms with Gasteiger partial charge >= 0.3 is 0 Å². The van der Waals surface area contributed by atoms with Gasteiger partial charge in [-0.1, -0.05) is 0 Å². The Kier molecular flexibility index (Phi) is 3.94. The first kappa shape index (κ1) is 14.7. The number of halogens is 1. The number of hydrogen-bond donors (Lipinski definition) is 0. The summed E-state index contributed by atoms with van der Waals surface area (Å²) < 4.78 is 20.1. The highest BCUT2D eigenvalue weighted by molar-refractivity contribution is 5.95. The predicted molar refractivity (Wildman–Crippen MR) is 79.6 cm³/mol. The minimum atomic E-state index is -0.299. The average molecular weight is 303 g/mol. The van der Waals surface area contributed by atoms with Gasteiger partial charge in [-0.15, -0.1) is 0 Å². The summed E-state index contributed by atoms with van der Waals surface area (Å²) >= 11 is 0. The molecule has 1 aliphatic heterocycles. The Morgan fingerprint density at radius 1 is 1.36 bits per heavy atom. The molecule has 1 aliphatic rings. The predicted octanol–water partition coefficient (Wildman–Crippen LogP) is 2.18. The van der Waals surface area contributed by atoms with Crippen LogP contribution in [0.4, 0.5) is 4.39 Å². The third kappa shape index (κ3) is 2.74. The highest BCUT2D eigenvalue weighted by atomic mass is 19.1. The molecule has 2 heterocycles. The highest BCUT2D eigenvalue weighted by Gasteiger charge is 2.25. The molecule has 0 unspecified atom stereocenters. The molecular weight excluding hydrogens is 285 g/mol. The number of carbonyl (C=O) groups is 1. The number of morpholine rings is 1. The van der Waals surface area contributed by atoms with E-state index in [4.69, 9.17) is 4.74 Å². The molecule has 0 radical (unpaired) electrons. The van der Waals surface area contributed by atoms with Crippen LogP contribution < -0.4 is 0 Å². The lowest BCUT2D eigenvalue weighted by Gasteiger charge is -2.31. The summed E-state index contributed by atoms with van der Waals surface area (Å²) in [6, 6.07) is 6.03. The highest BCUT2D eigenvalue weighted by Crippen LogP contribution is 2.17. The van der Waals surface area contributed by atoms with Crippen molar-refractivity contribution in [2.45, 2.75) is 20.0 Å². The summed E-state index contributed by atoms with van der Waals surface area (Å²) in [5.41, 5.74) is 2.04. The summed E-state index contributed by atoms with van der Waals surface area (Å²) in [6.07, 6.45) is 1.62. The summed E-state index contributed by atoms with van der Waals surface area (Å²) in [5.74, 6) is -0.340. The summed E-state index contributed by atoms with van der Waals surface area (Å²) in [4.78, 5) is 14.4.